The number of sulfonamides is 1. The molecule has 3 aromatic rings. The zero-order chi connectivity index (χ0) is 21.3. The molecule has 1 aliphatic heterocycles. The van der Waals surface area contributed by atoms with Crippen LogP contribution in [0.4, 0.5) is 14.6 Å². The molecule has 0 saturated carbocycles. The lowest BCUT2D eigenvalue weighted by Crippen LogP contribution is -2.49. The Bertz CT molecular complexity index is 1140. The molecule has 30 heavy (non-hydrogen) atoms. The van der Waals surface area contributed by atoms with Gasteiger partial charge >= 0.3 is 0 Å². The van der Waals surface area contributed by atoms with Crippen molar-refractivity contribution in [1.29, 1.82) is 0 Å². The van der Waals surface area contributed by atoms with E-state index in [1.807, 2.05) is 28.5 Å². The Morgan fingerprint density at radius 2 is 1.70 bits per heavy atom. The molecule has 1 saturated heterocycles. The molecule has 3 heterocycles. The first kappa shape index (κ1) is 20.4. The summed E-state index contributed by atoms with van der Waals surface area (Å²) in [6.07, 6.45) is 3.48. The zero-order valence-corrected chi connectivity index (χ0v) is 17.1. The number of halogens is 2. The summed E-state index contributed by atoms with van der Waals surface area (Å²) in [7, 11) is -3.77. The lowest BCUT2D eigenvalue weighted by molar-refractivity contribution is 0.382. The fourth-order valence-electron chi connectivity index (χ4n) is 3.37. The Labute approximate surface area is 172 Å². The molecule has 0 bridgehead atoms. The van der Waals surface area contributed by atoms with Crippen LogP contribution in [0.1, 0.15) is 11.4 Å². The number of piperazine rings is 1. The smallest absolute Gasteiger partial charge is 0.218 e. The molecule has 4 rings (SSSR count). The summed E-state index contributed by atoms with van der Waals surface area (Å²) in [6.45, 7) is 3.16. The number of benzene rings is 1. The van der Waals surface area contributed by atoms with E-state index in [-0.39, 0.29) is 18.7 Å². The van der Waals surface area contributed by atoms with Crippen LogP contribution in [0.5, 0.6) is 0 Å². The Kier molecular flexibility index (Phi) is 5.48. The molecule has 0 amide bonds. The van der Waals surface area contributed by atoms with Gasteiger partial charge in [0.2, 0.25) is 10.0 Å². The maximum Gasteiger partial charge on any atom is 0.218 e. The van der Waals surface area contributed by atoms with Gasteiger partial charge in [-0.2, -0.15) is 4.31 Å². The summed E-state index contributed by atoms with van der Waals surface area (Å²) in [5.74, 6) is 0.110. The number of aromatic nitrogens is 4. The fraction of sp³-hybridized carbons (Fsp3) is 0.316. The van der Waals surface area contributed by atoms with Gasteiger partial charge in [-0.25, -0.2) is 22.2 Å². The average molecular weight is 434 g/mol. The first-order chi connectivity index (χ1) is 14.3. The molecular formula is C19H20F2N6O2S. The lowest BCUT2D eigenvalue weighted by atomic mass is 10.2. The van der Waals surface area contributed by atoms with Gasteiger partial charge in [0.05, 0.1) is 5.75 Å². The number of rotatable bonds is 5. The molecule has 158 valence electrons. The maximum atomic E-state index is 13.8. The summed E-state index contributed by atoms with van der Waals surface area (Å²) in [6, 6.07) is 6.47. The van der Waals surface area contributed by atoms with Crippen LogP contribution in [0.3, 0.4) is 0 Å². The Hall–Kier alpha value is -2.92. The van der Waals surface area contributed by atoms with Crippen molar-refractivity contribution < 1.29 is 17.2 Å². The van der Waals surface area contributed by atoms with Gasteiger partial charge in [0.15, 0.2) is 11.6 Å². The second-order valence-corrected chi connectivity index (χ2v) is 8.94. The normalized spacial score (nSPS) is 15.5. The maximum absolute atomic E-state index is 13.8. The van der Waals surface area contributed by atoms with Crippen molar-refractivity contribution in [2.45, 2.75) is 12.7 Å². The molecule has 8 nitrogen and oxygen atoms in total. The van der Waals surface area contributed by atoms with Crippen LogP contribution in [0.15, 0.2) is 42.7 Å². The van der Waals surface area contributed by atoms with E-state index in [1.54, 1.807) is 12.4 Å². The van der Waals surface area contributed by atoms with Crippen LogP contribution in [-0.4, -0.2) is 58.7 Å². The van der Waals surface area contributed by atoms with Crippen molar-refractivity contribution in [1.82, 2.24) is 24.1 Å². The number of nitrogens with zero attached hydrogens (tertiary/aromatic N) is 6. The zero-order valence-electron chi connectivity index (χ0n) is 16.2. The van der Waals surface area contributed by atoms with Crippen molar-refractivity contribution in [2.75, 3.05) is 31.1 Å². The molecule has 2 aromatic heterocycles. The molecule has 0 aliphatic carbocycles. The second kappa shape index (κ2) is 8.07. The van der Waals surface area contributed by atoms with Crippen LogP contribution in [0.25, 0.3) is 5.82 Å². The second-order valence-electron chi connectivity index (χ2n) is 6.97. The Morgan fingerprint density at radius 3 is 2.33 bits per heavy atom. The van der Waals surface area contributed by atoms with Gasteiger partial charge in [-0.3, -0.25) is 4.57 Å². The topological polar surface area (TPSA) is 84.2 Å². The monoisotopic (exact) mass is 434 g/mol. The Morgan fingerprint density at radius 1 is 1.00 bits per heavy atom. The number of hydrogen-bond donors (Lipinski definition) is 0. The molecule has 0 radical (unpaired) electrons. The highest BCUT2D eigenvalue weighted by atomic mass is 32.2. The highest BCUT2D eigenvalue weighted by Gasteiger charge is 2.28. The molecule has 0 spiro atoms. The van der Waals surface area contributed by atoms with E-state index in [1.165, 1.54) is 4.31 Å². The summed E-state index contributed by atoms with van der Waals surface area (Å²) in [5.41, 5.74) is -0.173. The quantitative estimate of drug-likeness (QED) is 0.610. The van der Waals surface area contributed by atoms with Crippen molar-refractivity contribution in [2.24, 2.45) is 0 Å². The number of imidazole rings is 1. The van der Waals surface area contributed by atoms with Crippen LogP contribution < -0.4 is 4.90 Å². The Balaban J connectivity index is 1.41. The minimum atomic E-state index is -3.77. The molecule has 1 aliphatic rings. The van der Waals surface area contributed by atoms with Crippen LogP contribution in [0.2, 0.25) is 0 Å². The van der Waals surface area contributed by atoms with Gasteiger partial charge in [0.1, 0.15) is 17.5 Å². The minimum Gasteiger partial charge on any atom is -0.352 e. The van der Waals surface area contributed by atoms with Gasteiger partial charge in [-0.05, 0) is 37.3 Å². The number of anilines is 1. The van der Waals surface area contributed by atoms with E-state index in [0.717, 1.165) is 24.0 Å². The van der Waals surface area contributed by atoms with Crippen molar-refractivity contribution in [3.63, 3.8) is 0 Å². The van der Waals surface area contributed by atoms with Gasteiger partial charge in [-0.1, -0.05) is 0 Å². The minimum absolute atomic E-state index is 0.173. The summed E-state index contributed by atoms with van der Waals surface area (Å²) < 4.78 is 55.6. The van der Waals surface area contributed by atoms with Crippen LogP contribution in [-0.2, 0) is 15.8 Å². The van der Waals surface area contributed by atoms with E-state index < -0.39 is 27.4 Å². The van der Waals surface area contributed by atoms with Crippen molar-refractivity contribution in [3.05, 3.63) is 65.7 Å². The largest absolute Gasteiger partial charge is 0.352 e. The summed E-state index contributed by atoms with van der Waals surface area (Å²) in [4.78, 5) is 6.09. The predicted octanol–water partition coefficient (Wildman–Crippen LogP) is 1.90. The van der Waals surface area contributed by atoms with Gasteiger partial charge < -0.3 is 4.90 Å². The van der Waals surface area contributed by atoms with E-state index >= 15 is 0 Å². The van der Waals surface area contributed by atoms with E-state index in [4.69, 9.17) is 0 Å². The third-order valence-corrected chi connectivity index (χ3v) is 6.84. The third kappa shape index (κ3) is 4.17. The molecule has 0 unspecified atom stereocenters. The first-order valence-electron chi connectivity index (χ1n) is 9.34. The molecule has 1 aromatic carbocycles. The molecule has 1 fully saturated rings. The van der Waals surface area contributed by atoms with E-state index in [2.05, 4.69) is 15.2 Å². The van der Waals surface area contributed by atoms with Crippen LogP contribution >= 0.6 is 0 Å². The third-order valence-electron chi connectivity index (χ3n) is 5.01. The highest BCUT2D eigenvalue weighted by molar-refractivity contribution is 7.88. The van der Waals surface area contributed by atoms with Crippen molar-refractivity contribution in [3.8, 4) is 5.82 Å². The predicted molar refractivity (Wildman–Crippen MR) is 107 cm³/mol. The average Bonchev–Trinajstić information content (AvgIpc) is 3.17. The summed E-state index contributed by atoms with van der Waals surface area (Å²) in [5, 5.41) is 8.46. The molecule has 11 heteroatoms. The number of hydrogen-bond acceptors (Lipinski definition) is 6. The first-order valence-corrected chi connectivity index (χ1v) is 11.0. The van der Waals surface area contributed by atoms with Crippen LogP contribution in [0, 0.1) is 18.6 Å². The lowest BCUT2D eigenvalue weighted by Gasteiger charge is -2.34. The van der Waals surface area contributed by atoms with Crippen molar-refractivity contribution >= 4 is 15.8 Å². The summed E-state index contributed by atoms with van der Waals surface area (Å²) >= 11 is 0. The standard InChI is InChI=1S/C19H20F2N6O2S/c1-14-22-6-7-27(14)19-5-4-18(23-24-19)25-8-10-26(11-9-25)30(28,29)13-15-12-16(20)2-3-17(15)21/h2-7,12H,8-11,13H2,1H3. The SMILES string of the molecule is Cc1nccn1-c1ccc(N2CCN(S(=O)(=O)Cc3cc(F)ccc3F)CC2)nn1. The molecule has 0 atom stereocenters. The van der Waals surface area contributed by atoms with E-state index in [0.29, 0.717) is 24.7 Å². The highest BCUT2D eigenvalue weighted by Crippen LogP contribution is 2.20. The number of aryl methyl sites for hydroxylation is 1. The van der Waals surface area contributed by atoms with Gasteiger partial charge in [0.25, 0.3) is 0 Å². The van der Waals surface area contributed by atoms with Gasteiger partial charge in [-0.15, -0.1) is 10.2 Å². The van der Waals surface area contributed by atoms with Gasteiger partial charge in [0, 0.05) is 44.1 Å². The van der Waals surface area contributed by atoms with E-state index in [9.17, 15) is 17.2 Å². The fourth-order valence-corrected chi connectivity index (χ4v) is 4.89. The molecule has 0 N–H and O–H groups in total. The molecular weight excluding hydrogens is 414 g/mol.